The topological polar surface area (TPSA) is 49.3 Å². The van der Waals surface area contributed by atoms with Crippen molar-refractivity contribution in [3.63, 3.8) is 0 Å². The van der Waals surface area contributed by atoms with Crippen LogP contribution in [0, 0.1) is 0 Å². The first-order valence-electron chi connectivity index (χ1n) is 6.15. The van der Waals surface area contributed by atoms with Gasteiger partial charge in [0.2, 0.25) is 0 Å². The highest BCUT2D eigenvalue weighted by Crippen LogP contribution is 2.03. The molecule has 1 aromatic carbocycles. The average Bonchev–Trinajstić information content (AvgIpc) is 2.27. The van der Waals surface area contributed by atoms with Crippen molar-refractivity contribution in [3.05, 3.63) is 35.9 Å². The van der Waals surface area contributed by atoms with E-state index in [2.05, 4.69) is 5.32 Å². The van der Waals surface area contributed by atoms with E-state index in [0.717, 1.165) is 5.56 Å². The van der Waals surface area contributed by atoms with E-state index >= 15 is 0 Å². The number of aliphatic hydroxyl groups is 1. The summed E-state index contributed by atoms with van der Waals surface area (Å²) in [4.78, 5) is 11.8. The van der Waals surface area contributed by atoms with Gasteiger partial charge in [-0.15, -0.1) is 0 Å². The molecule has 100 valence electrons. The molecule has 0 saturated heterocycles. The molecule has 2 N–H and O–H groups in total. The Morgan fingerprint density at radius 2 is 1.89 bits per heavy atom. The smallest absolute Gasteiger partial charge is 0.275 e. The van der Waals surface area contributed by atoms with Crippen LogP contribution in [-0.2, 0) is 11.2 Å². The number of nitrogens with zero attached hydrogens (tertiary/aromatic N) is 1. The number of hydrogen-bond donors (Lipinski definition) is 2. The fraction of sp³-hybridized carbons (Fsp3) is 0.500. The lowest BCUT2D eigenvalue weighted by Crippen LogP contribution is -2.48. The first-order chi connectivity index (χ1) is 8.40. The highest BCUT2D eigenvalue weighted by Gasteiger charge is 2.18. The van der Waals surface area contributed by atoms with Crippen LogP contribution in [0.1, 0.15) is 5.56 Å². The number of aliphatic hydroxyl groups excluding tert-OH is 1. The number of benzene rings is 1. The van der Waals surface area contributed by atoms with Crippen LogP contribution < -0.4 is 5.32 Å². The van der Waals surface area contributed by atoms with Crippen molar-refractivity contribution in [1.29, 1.82) is 0 Å². The highest BCUT2D eigenvalue weighted by atomic mass is 16.3. The summed E-state index contributed by atoms with van der Waals surface area (Å²) in [5.74, 6) is -0.0301. The molecule has 0 heterocycles. The van der Waals surface area contributed by atoms with Crippen molar-refractivity contribution in [2.75, 3.05) is 34.3 Å². The lowest BCUT2D eigenvalue weighted by Gasteiger charge is -2.24. The molecular formula is C14H23N2O2+. The van der Waals surface area contributed by atoms with Gasteiger partial charge in [0.15, 0.2) is 6.54 Å². The minimum Gasteiger partial charge on any atom is -0.394 e. The Balaban J connectivity index is 2.50. The summed E-state index contributed by atoms with van der Waals surface area (Å²) < 4.78 is 0.579. The first kappa shape index (κ1) is 14.7. The second-order valence-electron chi connectivity index (χ2n) is 5.59. The van der Waals surface area contributed by atoms with E-state index < -0.39 is 0 Å². The Morgan fingerprint density at radius 1 is 1.28 bits per heavy atom. The normalized spacial score (nSPS) is 13.1. The quantitative estimate of drug-likeness (QED) is 0.720. The van der Waals surface area contributed by atoms with Gasteiger partial charge in [0.25, 0.3) is 5.91 Å². The minimum absolute atomic E-state index is 0.0301. The van der Waals surface area contributed by atoms with Gasteiger partial charge in [0.1, 0.15) is 0 Å². The van der Waals surface area contributed by atoms with E-state index in [1.165, 1.54) is 0 Å². The van der Waals surface area contributed by atoms with Crippen molar-refractivity contribution in [1.82, 2.24) is 5.32 Å². The summed E-state index contributed by atoms with van der Waals surface area (Å²) in [7, 11) is 5.89. The van der Waals surface area contributed by atoms with Gasteiger partial charge in [-0.1, -0.05) is 30.3 Å². The zero-order valence-corrected chi connectivity index (χ0v) is 11.4. The van der Waals surface area contributed by atoms with Gasteiger partial charge < -0.3 is 14.9 Å². The van der Waals surface area contributed by atoms with Crippen molar-refractivity contribution in [3.8, 4) is 0 Å². The Labute approximate surface area is 109 Å². The molecule has 1 atom stereocenters. The molecule has 0 radical (unpaired) electrons. The molecule has 0 aliphatic carbocycles. The van der Waals surface area contributed by atoms with Gasteiger partial charge in [-0.25, -0.2) is 0 Å². The van der Waals surface area contributed by atoms with Crippen molar-refractivity contribution in [2.24, 2.45) is 0 Å². The summed E-state index contributed by atoms with van der Waals surface area (Å²) in [6.07, 6.45) is 0.653. The van der Waals surface area contributed by atoms with Crippen molar-refractivity contribution >= 4 is 5.91 Å². The van der Waals surface area contributed by atoms with Crippen LogP contribution in [0.4, 0.5) is 0 Å². The zero-order valence-electron chi connectivity index (χ0n) is 11.4. The molecule has 4 heteroatoms. The second-order valence-corrected chi connectivity index (χ2v) is 5.59. The molecule has 0 spiro atoms. The average molecular weight is 251 g/mol. The number of quaternary nitrogens is 1. The molecule has 18 heavy (non-hydrogen) atoms. The van der Waals surface area contributed by atoms with E-state index in [1.807, 2.05) is 51.5 Å². The predicted molar refractivity (Wildman–Crippen MR) is 72.1 cm³/mol. The molecule has 0 saturated carbocycles. The third-order valence-electron chi connectivity index (χ3n) is 2.53. The van der Waals surface area contributed by atoms with E-state index in [1.54, 1.807) is 0 Å². The minimum atomic E-state index is -0.216. The third kappa shape index (κ3) is 5.80. The summed E-state index contributed by atoms with van der Waals surface area (Å²) in [6.45, 7) is 0.364. The van der Waals surface area contributed by atoms with Gasteiger partial charge in [-0.3, -0.25) is 4.79 Å². The van der Waals surface area contributed by atoms with E-state index in [4.69, 9.17) is 0 Å². The monoisotopic (exact) mass is 251 g/mol. The fourth-order valence-corrected chi connectivity index (χ4v) is 1.76. The van der Waals surface area contributed by atoms with Gasteiger partial charge in [0, 0.05) is 0 Å². The maximum Gasteiger partial charge on any atom is 0.275 e. The molecule has 0 aliphatic heterocycles. The van der Waals surface area contributed by atoms with Gasteiger partial charge in [-0.05, 0) is 12.0 Å². The lowest BCUT2D eigenvalue weighted by atomic mass is 10.1. The Hall–Kier alpha value is -1.39. The van der Waals surface area contributed by atoms with Crippen molar-refractivity contribution < 1.29 is 14.4 Å². The lowest BCUT2D eigenvalue weighted by molar-refractivity contribution is -0.862. The number of carbonyl (C=O) groups excluding carboxylic acids is 1. The Bertz CT molecular complexity index is 371. The highest BCUT2D eigenvalue weighted by molar-refractivity contribution is 5.77. The second kappa shape index (κ2) is 6.52. The van der Waals surface area contributed by atoms with Crippen LogP contribution in [-0.4, -0.2) is 55.8 Å². The van der Waals surface area contributed by atoms with Crippen molar-refractivity contribution in [2.45, 2.75) is 12.5 Å². The van der Waals surface area contributed by atoms with Crippen LogP contribution in [0.25, 0.3) is 0 Å². The van der Waals surface area contributed by atoms with E-state index in [-0.39, 0.29) is 18.6 Å². The van der Waals surface area contributed by atoms with Gasteiger partial charge >= 0.3 is 0 Å². The molecular weight excluding hydrogens is 228 g/mol. The molecule has 1 amide bonds. The number of nitrogens with one attached hydrogen (secondary N) is 1. The van der Waals surface area contributed by atoms with Gasteiger partial charge in [-0.2, -0.15) is 0 Å². The summed E-state index contributed by atoms with van der Waals surface area (Å²) in [5.41, 5.74) is 1.11. The molecule has 4 nitrogen and oxygen atoms in total. The number of carbonyl (C=O) groups is 1. The number of rotatable bonds is 6. The molecule has 0 aliphatic rings. The molecule has 0 bridgehead atoms. The Kier molecular flexibility index (Phi) is 5.31. The van der Waals surface area contributed by atoms with Gasteiger partial charge in [0.05, 0.1) is 33.8 Å². The SMILES string of the molecule is C[N+](C)(C)CC(=O)N[C@H](CO)Cc1ccccc1. The molecule has 1 aromatic rings. The molecule has 0 unspecified atom stereocenters. The van der Waals surface area contributed by atoms with Crippen LogP contribution in [0.5, 0.6) is 0 Å². The van der Waals surface area contributed by atoms with Crippen LogP contribution in [0.15, 0.2) is 30.3 Å². The fourth-order valence-electron chi connectivity index (χ4n) is 1.76. The Morgan fingerprint density at radius 3 is 2.39 bits per heavy atom. The standard InChI is InChI=1S/C14H22N2O2/c1-16(2,3)10-14(18)15-13(11-17)9-12-7-5-4-6-8-12/h4-8,13,17H,9-11H2,1-3H3/p+1/t13-/m0/s1. The number of hydrogen-bond acceptors (Lipinski definition) is 2. The third-order valence-corrected chi connectivity index (χ3v) is 2.53. The summed E-state index contributed by atoms with van der Waals surface area (Å²) >= 11 is 0. The maximum absolute atomic E-state index is 11.8. The van der Waals surface area contributed by atoms with Crippen LogP contribution >= 0.6 is 0 Å². The molecule has 0 aromatic heterocycles. The predicted octanol–water partition coefficient (Wildman–Crippen LogP) is 0.412. The van der Waals surface area contributed by atoms with E-state index in [9.17, 15) is 9.90 Å². The summed E-state index contributed by atoms with van der Waals surface area (Å²) in [5, 5.41) is 12.2. The first-order valence-corrected chi connectivity index (χ1v) is 6.15. The molecule has 0 fully saturated rings. The maximum atomic E-state index is 11.8. The largest absolute Gasteiger partial charge is 0.394 e. The van der Waals surface area contributed by atoms with E-state index in [0.29, 0.717) is 17.4 Å². The van der Waals surface area contributed by atoms with Crippen LogP contribution in [0.3, 0.4) is 0 Å². The zero-order chi connectivity index (χ0) is 13.6. The van der Waals surface area contributed by atoms with Crippen LogP contribution in [0.2, 0.25) is 0 Å². The number of likely N-dealkylation sites (N-methyl/N-ethyl adjacent to an activating group) is 1. The summed E-state index contributed by atoms with van der Waals surface area (Å²) in [6, 6.07) is 9.64. The number of amides is 1. The molecule has 1 rings (SSSR count).